The van der Waals surface area contributed by atoms with Gasteiger partial charge in [0, 0.05) is 12.4 Å². The Bertz CT molecular complexity index is 207. The predicted molar refractivity (Wildman–Crippen MR) is 34.7 cm³/mol. The van der Waals surface area contributed by atoms with Crippen molar-refractivity contribution in [3.05, 3.63) is 12.4 Å². The first-order valence-electron chi connectivity index (χ1n) is 2.74. The number of anilines is 1. The van der Waals surface area contributed by atoms with Gasteiger partial charge in [-0.25, -0.2) is 4.98 Å². The van der Waals surface area contributed by atoms with Crippen LogP contribution in [0.25, 0.3) is 0 Å². The molecule has 0 aromatic carbocycles. The summed E-state index contributed by atoms with van der Waals surface area (Å²) in [5.41, 5.74) is 0. The number of carboxylic acids is 1. The van der Waals surface area contributed by atoms with Crippen LogP contribution < -0.4 is 5.32 Å². The summed E-state index contributed by atoms with van der Waals surface area (Å²) < 4.78 is 0. The molecule has 1 aromatic rings. The maximum Gasteiger partial charge on any atom is 0.322 e. The topological polar surface area (TPSA) is 78.0 Å². The van der Waals surface area contributed by atoms with Crippen LogP contribution in [0.5, 0.6) is 0 Å². The van der Waals surface area contributed by atoms with Crippen molar-refractivity contribution >= 4 is 11.9 Å². The van der Waals surface area contributed by atoms with Gasteiger partial charge < -0.3 is 15.4 Å². The summed E-state index contributed by atoms with van der Waals surface area (Å²) in [4.78, 5) is 16.5. The average molecular weight is 141 g/mol. The summed E-state index contributed by atoms with van der Waals surface area (Å²) in [7, 11) is 0. The molecule has 0 amide bonds. The molecule has 54 valence electrons. The second kappa shape index (κ2) is 2.86. The van der Waals surface area contributed by atoms with E-state index >= 15 is 0 Å². The van der Waals surface area contributed by atoms with E-state index in [0.29, 0.717) is 5.95 Å². The molecule has 10 heavy (non-hydrogen) atoms. The second-order valence-corrected chi connectivity index (χ2v) is 1.69. The molecule has 1 heterocycles. The summed E-state index contributed by atoms with van der Waals surface area (Å²) in [6.45, 7) is -0.118. The van der Waals surface area contributed by atoms with Crippen molar-refractivity contribution in [3.8, 4) is 0 Å². The van der Waals surface area contributed by atoms with Gasteiger partial charge in [-0.1, -0.05) is 0 Å². The first kappa shape index (κ1) is 6.60. The molecule has 0 aliphatic rings. The highest BCUT2D eigenvalue weighted by molar-refractivity contribution is 5.71. The van der Waals surface area contributed by atoms with Crippen LogP contribution >= 0.6 is 0 Å². The van der Waals surface area contributed by atoms with Crippen LogP contribution in [0, 0.1) is 0 Å². The number of nitrogens with one attached hydrogen (secondary N) is 2. The lowest BCUT2D eigenvalue weighted by molar-refractivity contribution is -0.134. The van der Waals surface area contributed by atoms with E-state index in [0.717, 1.165) is 0 Å². The van der Waals surface area contributed by atoms with Crippen molar-refractivity contribution in [3.63, 3.8) is 0 Å². The monoisotopic (exact) mass is 141 g/mol. The van der Waals surface area contributed by atoms with E-state index in [2.05, 4.69) is 15.3 Å². The SMILES string of the molecule is O=C(O)CNc1ncc[nH]1. The second-order valence-electron chi connectivity index (χ2n) is 1.69. The Balaban J connectivity index is 2.35. The van der Waals surface area contributed by atoms with E-state index < -0.39 is 5.97 Å². The Kier molecular flexibility index (Phi) is 1.89. The molecular weight excluding hydrogens is 134 g/mol. The third-order valence-electron chi connectivity index (χ3n) is 0.905. The summed E-state index contributed by atoms with van der Waals surface area (Å²) in [5.74, 6) is -0.432. The van der Waals surface area contributed by atoms with E-state index in [1.54, 1.807) is 12.4 Å². The third kappa shape index (κ3) is 1.77. The Morgan fingerprint density at radius 1 is 1.90 bits per heavy atom. The normalized spacial score (nSPS) is 9.20. The van der Waals surface area contributed by atoms with Gasteiger partial charge >= 0.3 is 5.97 Å². The van der Waals surface area contributed by atoms with Crippen molar-refractivity contribution in [1.29, 1.82) is 0 Å². The standard InChI is InChI=1S/C5H7N3O2/c9-4(10)3-8-5-6-1-2-7-5/h1-2H,3H2,(H,9,10)(H2,6,7,8). The highest BCUT2D eigenvalue weighted by Crippen LogP contribution is 1.92. The van der Waals surface area contributed by atoms with E-state index in [1.807, 2.05) is 0 Å². The number of carbonyl (C=O) groups is 1. The molecule has 5 heteroatoms. The summed E-state index contributed by atoms with van der Waals surface area (Å²) in [6, 6.07) is 0. The van der Waals surface area contributed by atoms with Gasteiger partial charge in [0.25, 0.3) is 0 Å². The largest absolute Gasteiger partial charge is 0.480 e. The Hall–Kier alpha value is -1.52. The molecule has 1 aromatic heterocycles. The number of hydrogen-bond donors (Lipinski definition) is 3. The van der Waals surface area contributed by atoms with Crippen LogP contribution in [0.3, 0.4) is 0 Å². The van der Waals surface area contributed by atoms with E-state index in [4.69, 9.17) is 5.11 Å². The number of carboxylic acid groups (broad SMARTS) is 1. The first-order chi connectivity index (χ1) is 4.79. The van der Waals surface area contributed by atoms with Crippen LogP contribution in [0.1, 0.15) is 0 Å². The lowest BCUT2D eigenvalue weighted by atomic mass is 10.6. The minimum Gasteiger partial charge on any atom is -0.480 e. The lowest BCUT2D eigenvalue weighted by Gasteiger charge is -1.95. The van der Waals surface area contributed by atoms with Crippen LogP contribution in [0.2, 0.25) is 0 Å². The quantitative estimate of drug-likeness (QED) is 0.549. The van der Waals surface area contributed by atoms with E-state index in [9.17, 15) is 4.79 Å². The molecule has 0 unspecified atom stereocenters. The molecule has 1 rings (SSSR count). The summed E-state index contributed by atoms with van der Waals surface area (Å²) in [5, 5.41) is 10.8. The zero-order valence-electron chi connectivity index (χ0n) is 5.16. The van der Waals surface area contributed by atoms with Crippen LogP contribution in [0.4, 0.5) is 5.95 Å². The molecule has 0 radical (unpaired) electrons. The van der Waals surface area contributed by atoms with Crippen LogP contribution in [-0.4, -0.2) is 27.6 Å². The highest BCUT2D eigenvalue weighted by Gasteiger charge is 1.96. The number of aliphatic carboxylic acids is 1. The van der Waals surface area contributed by atoms with Gasteiger partial charge in [-0.15, -0.1) is 0 Å². The number of nitrogens with zero attached hydrogens (tertiary/aromatic N) is 1. The Morgan fingerprint density at radius 3 is 3.20 bits per heavy atom. The summed E-state index contributed by atoms with van der Waals surface area (Å²) >= 11 is 0. The van der Waals surface area contributed by atoms with Gasteiger partial charge in [0.1, 0.15) is 6.54 Å². The fraction of sp³-hybridized carbons (Fsp3) is 0.200. The number of imidazole rings is 1. The van der Waals surface area contributed by atoms with Gasteiger partial charge in [-0.2, -0.15) is 0 Å². The van der Waals surface area contributed by atoms with Crippen molar-refractivity contribution < 1.29 is 9.90 Å². The van der Waals surface area contributed by atoms with E-state index in [-0.39, 0.29) is 6.54 Å². The predicted octanol–water partition coefficient (Wildman–Crippen LogP) is -0.0938. The minimum atomic E-state index is -0.906. The van der Waals surface area contributed by atoms with Gasteiger partial charge in [-0.05, 0) is 0 Å². The zero-order valence-corrected chi connectivity index (χ0v) is 5.16. The van der Waals surface area contributed by atoms with Gasteiger partial charge in [0.2, 0.25) is 5.95 Å². The van der Waals surface area contributed by atoms with Gasteiger partial charge in [0.05, 0.1) is 0 Å². The fourth-order valence-electron chi connectivity index (χ4n) is 0.521. The Morgan fingerprint density at radius 2 is 2.70 bits per heavy atom. The minimum absolute atomic E-state index is 0.118. The summed E-state index contributed by atoms with van der Waals surface area (Å²) in [6.07, 6.45) is 3.16. The average Bonchev–Trinajstić information content (AvgIpc) is 2.34. The molecule has 0 saturated carbocycles. The van der Waals surface area contributed by atoms with Crippen molar-refractivity contribution in [2.24, 2.45) is 0 Å². The van der Waals surface area contributed by atoms with Crippen molar-refractivity contribution in [1.82, 2.24) is 9.97 Å². The molecule has 0 bridgehead atoms. The molecule has 0 fully saturated rings. The highest BCUT2D eigenvalue weighted by atomic mass is 16.4. The lowest BCUT2D eigenvalue weighted by Crippen LogP contribution is -2.12. The third-order valence-corrected chi connectivity index (χ3v) is 0.905. The molecule has 0 aliphatic heterocycles. The molecule has 0 spiro atoms. The number of aromatic amines is 1. The number of hydrogen-bond acceptors (Lipinski definition) is 3. The zero-order chi connectivity index (χ0) is 7.40. The Labute approximate surface area is 57.1 Å². The van der Waals surface area contributed by atoms with Gasteiger partial charge in [0.15, 0.2) is 0 Å². The molecule has 5 nitrogen and oxygen atoms in total. The fourth-order valence-corrected chi connectivity index (χ4v) is 0.521. The molecule has 0 saturated heterocycles. The molecule has 0 atom stereocenters. The number of H-pyrrole nitrogens is 1. The smallest absolute Gasteiger partial charge is 0.322 e. The van der Waals surface area contributed by atoms with E-state index in [1.165, 1.54) is 0 Å². The first-order valence-corrected chi connectivity index (χ1v) is 2.74. The van der Waals surface area contributed by atoms with Gasteiger partial charge in [-0.3, -0.25) is 4.79 Å². The van der Waals surface area contributed by atoms with Crippen LogP contribution in [-0.2, 0) is 4.79 Å². The molecule has 0 aliphatic carbocycles. The van der Waals surface area contributed by atoms with Crippen molar-refractivity contribution in [2.75, 3.05) is 11.9 Å². The van der Waals surface area contributed by atoms with Crippen molar-refractivity contribution in [2.45, 2.75) is 0 Å². The number of rotatable bonds is 3. The van der Waals surface area contributed by atoms with Crippen LogP contribution in [0.15, 0.2) is 12.4 Å². The molecular formula is C5H7N3O2. The molecule has 3 N–H and O–H groups in total. The maximum atomic E-state index is 9.99. The number of aromatic nitrogens is 2. The maximum absolute atomic E-state index is 9.99.